The summed E-state index contributed by atoms with van der Waals surface area (Å²) in [5.41, 5.74) is 8.78. The number of nitrogens with two attached hydrogens (primary N) is 1. The molecule has 0 radical (unpaired) electrons. The van der Waals surface area contributed by atoms with Crippen molar-refractivity contribution in [3.05, 3.63) is 36.0 Å². The molecular weight excluding hydrogens is 236 g/mol. The van der Waals surface area contributed by atoms with Crippen molar-refractivity contribution in [2.45, 2.75) is 12.5 Å². The number of hydrogen-bond donors (Lipinski definition) is 3. The zero-order valence-electron chi connectivity index (χ0n) is 11.2. The molecule has 1 aromatic carbocycles. The van der Waals surface area contributed by atoms with Gasteiger partial charge in [0.25, 0.3) is 0 Å². The van der Waals surface area contributed by atoms with Crippen molar-refractivity contribution in [2.24, 2.45) is 5.73 Å². The minimum Gasteiger partial charge on any atom is -0.361 e. The molecule has 4 nitrogen and oxygen atoms in total. The average molecular weight is 258 g/mol. The summed E-state index contributed by atoms with van der Waals surface area (Å²) in [4.78, 5) is 5.79. The Kier molecular flexibility index (Phi) is 3.82. The maximum atomic E-state index is 6.36. The number of H-pyrrole nitrogens is 1. The van der Waals surface area contributed by atoms with Crippen LogP contribution in [0.5, 0.6) is 0 Å². The minimum atomic E-state index is 0.117. The molecule has 1 aliphatic heterocycles. The fourth-order valence-corrected chi connectivity index (χ4v) is 2.81. The zero-order chi connectivity index (χ0) is 13.1. The fourth-order valence-electron chi connectivity index (χ4n) is 2.81. The molecule has 4 heteroatoms. The second-order valence-electron chi connectivity index (χ2n) is 5.28. The van der Waals surface area contributed by atoms with Crippen LogP contribution in [-0.2, 0) is 0 Å². The topological polar surface area (TPSA) is 57.1 Å². The first-order valence-corrected chi connectivity index (χ1v) is 7.09. The molecule has 1 unspecified atom stereocenters. The van der Waals surface area contributed by atoms with Crippen LogP contribution >= 0.6 is 0 Å². The number of aromatic nitrogens is 1. The van der Waals surface area contributed by atoms with E-state index >= 15 is 0 Å². The van der Waals surface area contributed by atoms with Gasteiger partial charge in [0, 0.05) is 55.9 Å². The molecule has 1 atom stereocenters. The van der Waals surface area contributed by atoms with Crippen LogP contribution in [0.3, 0.4) is 0 Å². The third-order valence-corrected chi connectivity index (χ3v) is 3.99. The molecule has 4 N–H and O–H groups in total. The quantitative estimate of drug-likeness (QED) is 0.778. The third kappa shape index (κ3) is 2.81. The van der Waals surface area contributed by atoms with Crippen molar-refractivity contribution in [3.8, 4) is 0 Å². The van der Waals surface area contributed by atoms with Crippen LogP contribution in [0.25, 0.3) is 10.9 Å². The predicted octanol–water partition coefficient (Wildman–Crippen LogP) is 1.46. The molecule has 102 valence electrons. The van der Waals surface area contributed by atoms with Crippen molar-refractivity contribution in [2.75, 3.05) is 32.7 Å². The summed E-state index contributed by atoms with van der Waals surface area (Å²) < 4.78 is 0. The molecule has 1 aliphatic rings. The molecule has 1 fully saturated rings. The highest BCUT2D eigenvalue weighted by Gasteiger charge is 2.14. The Balaban J connectivity index is 1.64. The summed E-state index contributed by atoms with van der Waals surface area (Å²) in [6.45, 7) is 5.56. The Bertz CT molecular complexity index is 528. The van der Waals surface area contributed by atoms with Gasteiger partial charge in [0.2, 0.25) is 0 Å². The smallest absolute Gasteiger partial charge is 0.0457 e. The lowest BCUT2D eigenvalue weighted by Gasteiger charge is -2.28. The molecule has 1 aromatic heterocycles. The average Bonchev–Trinajstić information content (AvgIpc) is 2.90. The lowest BCUT2D eigenvalue weighted by atomic mass is 10.0. The summed E-state index contributed by atoms with van der Waals surface area (Å²) in [5, 5.41) is 4.64. The van der Waals surface area contributed by atoms with Crippen LogP contribution < -0.4 is 11.1 Å². The van der Waals surface area contributed by atoms with E-state index in [0.29, 0.717) is 0 Å². The number of nitrogens with one attached hydrogen (secondary N) is 2. The largest absolute Gasteiger partial charge is 0.361 e. The van der Waals surface area contributed by atoms with Crippen LogP contribution in [0, 0.1) is 0 Å². The van der Waals surface area contributed by atoms with E-state index in [4.69, 9.17) is 5.73 Å². The minimum absolute atomic E-state index is 0.117. The van der Waals surface area contributed by atoms with Gasteiger partial charge in [-0.3, -0.25) is 0 Å². The highest BCUT2D eigenvalue weighted by molar-refractivity contribution is 5.83. The monoisotopic (exact) mass is 258 g/mol. The first-order chi connectivity index (χ1) is 9.34. The molecule has 2 heterocycles. The lowest BCUT2D eigenvalue weighted by molar-refractivity contribution is 0.233. The summed E-state index contributed by atoms with van der Waals surface area (Å²) in [6.07, 6.45) is 3.08. The van der Waals surface area contributed by atoms with Gasteiger partial charge < -0.3 is 20.9 Å². The van der Waals surface area contributed by atoms with Gasteiger partial charge in [-0.15, -0.1) is 0 Å². The maximum absolute atomic E-state index is 6.36. The van der Waals surface area contributed by atoms with Crippen molar-refractivity contribution >= 4 is 10.9 Å². The summed E-state index contributed by atoms with van der Waals surface area (Å²) in [7, 11) is 0. The Morgan fingerprint density at radius 3 is 2.84 bits per heavy atom. The second kappa shape index (κ2) is 5.74. The van der Waals surface area contributed by atoms with E-state index in [1.807, 2.05) is 0 Å². The van der Waals surface area contributed by atoms with Crippen LogP contribution in [0.15, 0.2) is 30.5 Å². The summed E-state index contributed by atoms with van der Waals surface area (Å²) in [5.74, 6) is 0. The molecule has 0 aliphatic carbocycles. The number of fused-ring (bicyclic) bond motifs is 1. The van der Waals surface area contributed by atoms with Crippen LogP contribution in [0.4, 0.5) is 0 Å². The Morgan fingerprint density at radius 1 is 1.21 bits per heavy atom. The number of para-hydroxylation sites is 1. The second-order valence-corrected chi connectivity index (χ2v) is 5.28. The van der Waals surface area contributed by atoms with Crippen LogP contribution in [-0.4, -0.2) is 42.6 Å². The zero-order valence-corrected chi connectivity index (χ0v) is 11.2. The Labute approximate surface area is 114 Å². The number of nitrogens with zero attached hydrogens (tertiary/aromatic N) is 1. The SMILES string of the molecule is NC(CCN1CCNCC1)c1c[nH]c2ccccc12. The van der Waals surface area contributed by atoms with Gasteiger partial charge in [-0.05, 0) is 18.1 Å². The van der Waals surface area contributed by atoms with Gasteiger partial charge in [-0.1, -0.05) is 18.2 Å². The van der Waals surface area contributed by atoms with E-state index in [1.54, 1.807) is 0 Å². The maximum Gasteiger partial charge on any atom is 0.0457 e. The van der Waals surface area contributed by atoms with E-state index in [9.17, 15) is 0 Å². The molecule has 2 aromatic rings. The number of benzene rings is 1. The lowest BCUT2D eigenvalue weighted by Crippen LogP contribution is -2.44. The fraction of sp³-hybridized carbons (Fsp3) is 0.467. The van der Waals surface area contributed by atoms with Crippen molar-refractivity contribution < 1.29 is 0 Å². The normalized spacial score (nSPS) is 18.8. The van der Waals surface area contributed by atoms with Gasteiger partial charge in [-0.25, -0.2) is 0 Å². The molecule has 0 bridgehead atoms. The van der Waals surface area contributed by atoms with Gasteiger partial charge >= 0.3 is 0 Å². The van der Waals surface area contributed by atoms with Gasteiger partial charge in [0.15, 0.2) is 0 Å². The molecule has 1 saturated heterocycles. The van der Waals surface area contributed by atoms with E-state index in [0.717, 1.165) is 39.1 Å². The number of aromatic amines is 1. The van der Waals surface area contributed by atoms with Gasteiger partial charge in [-0.2, -0.15) is 0 Å². The molecule has 0 amide bonds. The van der Waals surface area contributed by atoms with Crippen LogP contribution in [0.1, 0.15) is 18.0 Å². The first-order valence-electron chi connectivity index (χ1n) is 7.09. The van der Waals surface area contributed by atoms with Gasteiger partial charge in [0.05, 0.1) is 0 Å². The molecule has 19 heavy (non-hydrogen) atoms. The summed E-state index contributed by atoms with van der Waals surface area (Å²) in [6, 6.07) is 8.48. The highest BCUT2D eigenvalue weighted by Crippen LogP contribution is 2.24. The van der Waals surface area contributed by atoms with E-state index in [2.05, 4.69) is 45.7 Å². The van der Waals surface area contributed by atoms with Crippen molar-refractivity contribution in [3.63, 3.8) is 0 Å². The standard InChI is InChI=1S/C15H22N4/c16-14(5-8-19-9-6-17-7-10-19)13-11-18-15-4-2-1-3-12(13)15/h1-4,11,14,17-18H,5-10,16H2. The van der Waals surface area contributed by atoms with Crippen molar-refractivity contribution in [1.82, 2.24) is 15.2 Å². The van der Waals surface area contributed by atoms with Crippen molar-refractivity contribution in [1.29, 1.82) is 0 Å². The molecule has 0 spiro atoms. The number of piperazine rings is 1. The van der Waals surface area contributed by atoms with E-state index in [1.165, 1.54) is 16.5 Å². The molecular formula is C15H22N4. The molecule has 3 rings (SSSR count). The first kappa shape index (κ1) is 12.7. The van der Waals surface area contributed by atoms with Gasteiger partial charge in [0.1, 0.15) is 0 Å². The predicted molar refractivity (Wildman–Crippen MR) is 79.2 cm³/mol. The molecule has 0 saturated carbocycles. The Hall–Kier alpha value is -1.36. The van der Waals surface area contributed by atoms with E-state index in [-0.39, 0.29) is 6.04 Å². The van der Waals surface area contributed by atoms with E-state index < -0.39 is 0 Å². The highest BCUT2D eigenvalue weighted by atomic mass is 15.2. The third-order valence-electron chi connectivity index (χ3n) is 3.99. The summed E-state index contributed by atoms with van der Waals surface area (Å²) >= 11 is 0. The van der Waals surface area contributed by atoms with Crippen LogP contribution in [0.2, 0.25) is 0 Å². The Morgan fingerprint density at radius 2 is 2.00 bits per heavy atom. The number of rotatable bonds is 4. The number of hydrogen-bond acceptors (Lipinski definition) is 3.